The standard InChI is InChI=1S/C18H34N4O/c1-4-6-8-10-12-14-18(3,13-11-9-7-5-2)20-17(23)16-15-19-22-21-16/h15H,4-14H2,1-3H3,(H,20,23)(H,19,21,22). The fourth-order valence-electron chi connectivity index (χ4n) is 2.96. The van der Waals surface area contributed by atoms with Gasteiger partial charge in [-0.15, -0.1) is 5.10 Å². The van der Waals surface area contributed by atoms with Gasteiger partial charge in [0.25, 0.3) is 5.91 Å². The van der Waals surface area contributed by atoms with Gasteiger partial charge in [0.1, 0.15) is 0 Å². The number of carbonyl (C=O) groups excluding carboxylic acids is 1. The number of rotatable bonds is 13. The molecule has 0 radical (unpaired) electrons. The van der Waals surface area contributed by atoms with Crippen LogP contribution in [0.4, 0.5) is 0 Å². The SMILES string of the molecule is CCCCCCCC(C)(CCCCCC)NC(=O)c1c[nH]nn1. The van der Waals surface area contributed by atoms with E-state index in [9.17, 15) is 4.79 Å². The molecule has 1 atom stereocenters. The second-order valence-corrected chi connectivity index (χ2v) is 6.85. The highest BCUT2D eigenvalue weighted by atomic mass is 16.2. The summed E-state index contributed by atoms with van der Waals surface area (Å²) in [5, 5.41) is 13.2. The van der Waals surface area contributed by atoms with Crippen molar-refractivity contribution in [2.75, 3.05) is 0 Å². The minimum absolute atomic E-state index is 0.120. The lowest BCUT2D eigenvalue weighted by atomic mass is 9.88. The summed E-state index contributed by atoms with van der Waals surface area (Å²) in [6.07, 6.45) is 14.8. The maximum Gasteiger partial charge on any atom is 0.273 e. The van der Waals surface area contributed by atoms with E-state index in [2.05, 4.69) is 41.5 Å². The van der Waals surface area contributed by atoms with E-state index in [1.165, 1.54) is 57.8 Å². The number of carbonyl (C=O) groups is 1. The second kappa shape index (κ2) is 11.2. The third kappa shape index (κ3) is 8.14. The third-order valence-corrected chi connectivity index (χ3v) is 4.48. The summed E-state index contributed by atoms with van der Waals surface area (Å²) in [6, 6.07) is 0. The second-order valence-electron chi connectivity index (χ2n) is 6.85. The topological polar surface area (TPSA) is 70.7 Å². The van der Waals surface area contributed by atoms with Gasteiger partial charge >= 0.3 is 0 Å². The lowest BCUT2D eigenvalue weighted by Crippen LogP contribution is -2.46. The Labute approximate surface area is 141 Å². The molecule has 0 aliphatic rings. The van der Waals surface area contributed by atoms with Gasteiger partial charge in [-0.05, 0) is 19.8 Å². The fourth-order valence-corrected chi connectivity index (χ4v) is 2.96. The maximum absolute atomic E-state index is 12.3. The molecule has 0 aliphatic carbocycles. The van der Waals surface area contributed by atoms with Gasteiger partial charge in [-0.25, -0.2) is 0 Å². The molecule has 2 N–H and O–H groups in total. The molecule has 1 rings (SSSR count). The van der Waals surface area contributed by atoms with Gasteiger partial charge in [0, 0.05) is 5.54 Å². The molecule has 0 saturated heterocycles. The van der Waals surface area contributed by atoms with Gasteiger partial charge in [-0.1, -0.05) is 76.8 Å². The smallest absolute Gasteiger partial charge is 0.273 e. The first-order valence-corrected chi connectivity index (χ1v) is 9.30. The molecule has 23 heavy (non-hydrogen) atoms. The van der Waals surface area contributed by atoms with Crippen LogP contribution in [0.3, 0.4) is 0 Å². The van der Waals surface area contributed by atoms with Crippen molar-refractivity contribution in [3.63, 3.8) is 0 Å². The number of H-pyrrole nitrogens is 1. The van der Waals surface area contributed by atoms with Crippen molar-refractivity contribution >= 4 is 5.91 Å². The van der Waals surface area contributed by atoms with Crippen LogP contribution in [0.25, 0.3) is 0 Å². The molecule has 0 aliphatic heterocycles. The van der Waals surface area contributed by atoms with Crippen LogP contribution in [0.5, 0.6) is 0 Å². The quantitative estimate of drug-likeness (QED) is 0.520. The minimum atomic E-state index is -0.143. The molecule has 1 aromatic heterocycles. The van der Waals surface area contributed by atoms with E-state index in [4.69, 9.17) is 0 Å². The average Bonchev–Trinajstić information content (AvgIpc) is 3.06. The monoisotopic (exact) mass is 322 g/mol. The lowest BCUT2D eigenvalue weighted by Gasteiger charge is -2.31. The van der Waals surface area contributed by atoms with Crippen molar-refractivity contribution in [3.05, 3.63) is 11.9 Å². The third-order valence-electron chi connectivity index (χ3n) is 4.48. The highest BCUT2D eigenvalue weighted by molar-refractivity contribution is 5.92. The molecule has 0 saturated carbocycles. The lowest BCUT2D eigenvalue weighted by molar-refractivity contribution is 0.0887. The summed E-state index contributed by atoms with van der Waals surface area (Å²) >= 11 is 0. The molecule has 1 aromatic rings. The molecule has 1 amide bonds. The number of aromatic amines is 1. The molecule has 0 spiro atoms. The van der Waals surface area contributed by atoms with Gasteiger partial charge in [0.2, 0.25) is 0 Å². The zero-order valence-corrected chi connectivity index (χ0v) is 15.2. The van der Waals surface area contributed by atoms with Crippen LogP contribution >= 0.6 is 0 Å². The van der Waals surface area contributed by atoms with Crippen molar-refractivity contribution in [3.8, 4) is 0 Å². The molecule has 5 nitrogen and oxygen atoms in total. The molecule has 5 heteroatoms. The normalized spacial score (nSPS) is 13.7. The predicted octanol–water partition coefficient (Wildman–Crippen LogP) is 4.62. The summed E-state index contributed by atoms with van der Waals surface area (Å²) in [5.41, 5.74) is 0.228. The van der Waals surface area contributed by atoms with E-state index < -0.39 is 0 Å². The van der Waals surface area contributed by atoms with E-state index in [0.29, 0.717) is 5.69 Å². The Morgan fingerprint density at radius 3 is 2.13 bits per heavy atom. The predicted molar refractivity (Wildman–Crippen MR) is 94.4 cm³/mol. The van der Waals surface area contributed by atoms with Crippen molar-refractivity contribution < 1.29 is 4.79 Å². The van der Waals surface area contributed by atoms with Crippen LogP contribution in [-0.4, -0.2) is 26.9 Å². The minimum Gasteiger partial charge on any atom is -0.345 e. The molecule has 132 valence electrons. The van der Waals surface area contributed by atoms with E-state index >= 15 is 0 Å². The fraction of sp³-hybridized carbons (Fsp3) is 0.833. The van der Waals surface area contributed by atoms with Crippen LogP contribution < -0.4 is 5.32 Å². The summed E-state index contributed by atoms with van der Waals surface area (Å²) in [6.45, 7) is 6.63. The summed E-state index contributed by atoms with van der Waals surface area (Å²) in [7, 11) is 0. The molecule has 0 bridgehead atoms. The summed E-state index contributed by atoms with van der Waals surface area (Å²) in [4.78, 5) is 12.3. The summed E-state index contributed by atoms with van der Waals surface area (Å²) in [5.74, 6) is -0.120. The van der Waals surface area contributed by atoms with E-state index in [1.807, 2.05) is 0 Å². The number of unbranched alkanes of at least 4 members (excludes halogenated alkanes) is 7. The largest absolute Gasteiger partial charge is 0.345 e. The Morgan fingerprint density at radius 1 is 1.04 bits per heavy atom. The van der Waals surface area contributed by atoms with Crippen molar-refractivity contribution in [1.29, 1.82) is 0 Å². The molecular formula is C18H34N4O. The van der Waals surface area contributed by atoms with Crippen LogP contribution in [0.15, 0.2) is 6.20 Å². The molecule has 1 unspecified atom stereocenters. The van der Waals surface area contributed by atoms with Gasteiger partial charge in [0.05, 0.1) is 6.20 Å². The van der Waals surface area contributed by atoms with Crippen molar-refractivity contribution in [2.45, 2.75) is 96.9 Å². The molecule has 0 fully saturated rings. The number of hydrogen-bond acceptors (Lipinski definition) is 3. The number of amides is 1. The van der Waals surface area contributed by atoms with Crippen molar-refractivity contribution in [2.24, 2.45) is 0 Å². The Balaban J connectivity index is 2.50. The van der Waals surface area contributed by atoms with Gasteiger partial charge < -0.3 is 5.32 Å². The summed E-state index contributed by atoms with van der Waals surface area (Å²) < 4.78 is 0. The highest BCUT2D eigenvalue weighted by Crippen LogP contribution is 2.23. The number of aromatic nitrogens is 3. The first kappa shape index (κ1) is 19.7. The molecular weight excluding hydrogens is 288 g/mol. The van der Waals surface area contributed by atoms with Crippen LogP contribution in [0.2, 0.25) is 0 Å². The number of nitrogens with zero attached hydrogens (tertiary/aromatic N) is 2. The van der Waals surface area contributed by atoms with E-state index in [1.54, 1.807) is 6.20 Å². The first-order chi connectivity index (χ1) is 11.1. The number of hydrogen-bond donors (Lipinski definition) is 2. The highest BCUT2D eigenvalue weighted by Gasteiger charge is 2.26. The van der Waals surface area contributed by atoms with Crippen LogP contribution in [0.1, 0.15) is 102 Å². The van der Waals surface area contributed by atoms with Gasteiger partial charge in [0.15, 0.2) is 5.69 Å². The van der Waals surface area contributed by atoms with Crippen molar-refractivity contribution in [1.82, 2.24) is 20.7 Å². The zero-order chi connectivity index (χ0) is 17.0. The van der Waals surface area contributed by atoms with Gasteiger partial charge in [-0.3, -0.25) is 9.89 Å². The Hall–Kier alpha value is -1.39. The Kier molecular flexibility index (Phi) is 9.57. The first-order valence-electron chi connectivity index (χ1n) is 9.30. The zero-order valence-electron chi connectivity index (χ0n) is 15.2. The van der Waals surface area contributed by atoms with E-state index in [-0.39, 0.29) is 11.4 Å². The molecule has 1 heterocycles. The maximum atomic E-state index is 12.3. The Morgan fingerprint density at radius 2 is 1.61 bits per heavy atom. The van der Waals surface area contributed by atoms with E-state index in [0.717, 1.165) is 12.8 Å². The van der Waals surface area contributed by atoms with Crippen LogP contribution in [-0.2, 0) is 0 Å². The Bertz CT molecular complexity index is 419. The average molecular weight is 322 g/mol. The molecule has 0 aromatic carbocycles. The van der Waals surface area contributed by atoms with Gasteiger partial charge in [-0.2, -0.15) is 0 Å². The van der Waals surface area contributed by atoms with Crippen LogP contribution in [0, 0.1) is 0 Å². The number of nitrogens with one attached hydrogen (secondary N) is 2.